The molecule has 0 saturated heterocycles. The van der Waals surface area contributed by atoms with Gasteiger partial charge < -0.3 is 9.90 Å². The van der Waals surface area contributed by atoms with Crippen LogP contribution in [0.25, 0.3) is 0 Å². The summed E-state index contributed by atoms with van der Waals surface area (Å²) in [4.78, 5) is 20.5. The minimum absolute atomic E-state index is 0.265. The molecule has 0 aliphatic rings. The van der Waals surface area contributed by atoms with E-state index in [1.54, 1.807) is 6.92 Å². The molecular weight excluding hydrogens is 168 g/mol. The summed E-state index contributed by atoms with van der Waals surface area (Å²) in [6.45, 7) is 3.77. The first-order valence-corrected chi connectivity index (χ1v) is 4.74. The van der Waals surface area contributed by atoms with E-state index < -0.39 is 5.97 Å². The average molecular weight is 186 g/mol. The first-order valence-electron chi connectivity index (χ1n) is 4.74. The van der Waals surface area contributed by atoms with Gasteiger partial charge in [0.2, 0.25) is 0 Å². The monoisotopic (exact) mass is 186 g/mol. The summed E-state index contributed by atoms with van der Waals surface area (Å²) in [6.07, 6.45) is 3.96. The Kier molecular flexibility index (Phi) is 6.20. The fourth-order valence-electron chi connectivity index (χ4n) is 1.15. The normalized spacial score (nSPS) is 14.9. The molecule has 3 nitrogen and oxygen atoms in total. The highest BCUT2D eigenvalue weighted by Gasteiger charge is 2.12. The number of hydrogen-bond acceptors (Lipinski definition) is 2. The molecule has 13 heavy (non-hydrogen) atoms. The topological polar surface area (TPSA) is 54.4 Å². The number of rotatable bonds is 7. The second kappa shape index (κ2) is 6.63. The molecule has 0 aromatic heterocycles. The molecule has 0 spiro atoms. The number of carboxylic acids is 1. The molecule has 0 aliphatic carbocycles. The molecule has 1 N–H and O–H groups in total. The Labute approximate surface area is 79.1 Å². The van der Waals surface area contributed by atoms with Crippen molar-refractivity contribution in [3.63, 3.8) is 0 Å². The maximum absolute atomic E-state index is 10.5. The fourth-order valence-corrected chi connectivity index (χ4v) is 1.15. The number of aldehydes is 1. The quantitative estimate of drug-likeness (QED) is 0.619. The predicted octanol–water partition coefficient (Wildman–Crippen LogP) is 2.10. The van der Waals surface area contributed by atoms with Crippen molar-refractivity contribution in [2.75, 3.05) is 0 Å². The van der Waals surface area contributed by atoms with Crippen molar-refractivity contribution < 1.29 is 14.7 Å². The summed E-state index contributed by atoms with van der Waals surface area (Å²) < 4.78 is 0. The van der Waals surface area contributed by atoms with E-state index in [4.69, 9.17) is 5.11 Å². The number of aliphatic carboxylic acids is 1. The number of carbonyl (C=O) groups is 2. The van der Waals surface area contributed by atoms with Crippen LogP contribution in [0.1, 0.15) is 39.5 Å². The van der Waals surface area contributed by atoms with Gasteiger partial charge >= 0.3 is 5.97 Å². The first-order chi connectivity index (χ1) is 6.07. The Morgan fingerprint density at radius 2 is 1.92 bits per heavy atom. The smallest absolute Gasteiger partial charge is 0.306 e. The lowest BCUT2D eigenvalue weighted by Crippen LogP contribution is -2.10. The van der Waals surface area contributed by atoms with Crippen molar-refractivity contribution in [3.8, 4) is 0 Å². The van der Waals surface area contributed by atoms with Gasteiger partial charge in [-0.15, -0.1) is 0 Å². The lowest BCUT2D eigenvalue weighted by atomic mass is 9.95. The van der Waals surface area contributed by atoms with Crippen LogP contribution in [0.15, 0.2) is 0 Å². The molecule has 2 atom stereocenters. The zero-order valence-electron chi connectivity index (χ0n) is 8.32. The minimum Gasteiger partial charge on any atom is -0.481 e. The van der Waals surface area contributed by atoms with Crippen molar-refractivity contribution in [2.24, 2.45) is 11.8 Å². The zero-order chi connectivity index (χ0) is 10.3. The van der Waals surface area contributed by atoms with Gasteiger partial charge in [-0.05, 0) is 25.2 Å². The van der Waals surface area contributed by atoms with Crippen molar-refractivity contribution in [1.82, 2.24) is 0 Å². The molecule has 2 unspecified atom stereocenters. The van der Waals surface area contributed by atoms with E-state index in [0.29, 0.717) is 18.8 Å². The van der Waals surface area contributed by atoms with E-state index in [0.717, 1.165) is 19.1 Å². The number of carboxylic acid groups (broad SMARTS) is 1. The molecule has 0 saturated carbocycles. The summed E-state index contributed by atoms with van der Waals surface area (Å²) in [7, 11) is 0. The molecule has 0 rings (SSSR count). The van der Waals surface area contributed by atoms with Gasteiger partial charge in [-0.25, -0.2) is 0 Å². The van der Waals surface area contributed by atoms with Gasteiger partial charge in [0.15, 0.2) is 0 Å². The van der Waals surface area contributed by atoms with Gasteiger partial charge in [-0.3, -0.25) is 4.79 Å². The van der Waals surface area contributed by atoms with E-state index in [1.165, 1.54) is 0 Å². The minimum atomic E-state index is -0.734. The van der Waals surface area contributed by atoms with Crippen LogP contribution in [-0.2, 0) is 9.59 Å². The number of carbonyl (C=O) groups excluding carboxylic acids is 1. The van der Waals surface area contributed by atoms with Crippen LogP contribution < -0.4 is 0 Å². The van der Waals surface area contributed by atoms with E-state index in [-0.39, 0.29) is 5.92 Å². The second-order valence-corrected chi connectivity index (χ2v) is 3.67. The molecule has 0 aromatic rings. The number of hydrogen-bond donors (Lipinski definition) is 1. The lowest BCUT2D eigenvalue weighted by Gasteiger charge is -2.11. The van der Waals surface area contributed by atoms with E-state index in [2.05, 4.69) is 6.92 Å². The Balaban J connectivity index is 3.50. The molecule has 0 fully saturated rings. The third kappa shape index (κ3) is 6.31. The van der Waals surface area contributed by atoms with Crippen LogP contribution in [0, 0.1) is 11.8 Å². The van der Waals surface area contributed by atoms with Gasteiger partial charge in [0, 0.05) is 6.42 Å². The molecule has 0 heterocycles. The van der Waals surface area contributed by atoms with Crippen molar-refractivity contribution in [1.29, 1.82) is 0 Å². The Hall–Kier alpha value is -0.860. The third-order valence-electron chi connectivity index (χ3n) is 2.29. The van der Waals surface area contributed by atoms with Crippen molar-refractivity contribution in [3.05, 3.63) is 0 Å². The Bertz CT molecular complexity index is 166. The summed E-state index contributed by atoms with van der Waals surface area (Å²) >= 11 is 0. The van der Waals surface area contributed by atoms with Crippen LogP contribution in [0.5, 0.6) is 0 Å². The highest BCUT2D eigenvalue weighted by Crippen LogP contribution is 2.16. The molecule has 0 aliphatic heterocycles. The Morgan fingerprint density at radius 1 is 1.31 bits per heavy atom. The SMILES string of the molecule is CC(CCC=O)CCC(C)C(=O)O. The van der Waals surface area contributed by atoms with Crippen LogP contribution in [0.2, 0.25) is 0 Å². The summed E-state index contributed by atoms with van der Waals surface area (Å²) in [6, 6.07) is 0. The predicted molar refractivity (Wildman–Crippen MR) is 50.5 cm³/mol. The fraction of sp³-hybridized carbons (Fsp3) is 0.800. The molecule has 0 aromatic carbocycles. The van der Waals surface area contributed by atoms with E-state index >= 15 is 0 Å². The molecule has 0 radical (unpaired) electrons. The second-order valence-electron chi connectivity index (χ2n) is 3.67. The van der Waals surface area contributed by atoms with Gasteiger partial charge in [0.1, 0.15) is 6.29 Å². The van der Waals surface area contributed by atoms with Crippen LogP contribution in [0.4, 0.5) is 0 Å². The maximum atomic E-state index is 10.5. The average Bonchev–Trinajstić information content (AvgIpc) is 2.10. The molecule has 0 amide bonds. The highest BCUT2D eigenvalue weighted by molar-refractivity contribution is 5.69. The van der Waals surface area contributed by atoms with E-state index in [9.17, 15) is 9.59 Å². The van der Waals surface area contributed by atoms with Crippen LogP contribution >= 0.6 is 0 Å². The molecule has 3 heteroatoms. The van der Waals surface area contributed by atoms with Crippen molar-refractivity contribution in [2.45, 2.75) is 39.5 Å². The summed E-state index contributed by atoms with van der Waals surface area (Å²) in [5.41, 5.74) is 0. The van der Waals surface area contributed by atoms with Gasteiger partial charge in [0.05, 0.1) is 5.92 Å². The molecule has 76 valence electrons. The summed E-state index contributed by atoms with van der Waals surface area (Å²) in [5.74, 6) is -0.548. The largest absolute Gasteiger partial charge is 0.481 e. The lowest BCUT2D eigenvalue weighted by molar-refractivity contribution is -0.141. The van der Waals surface area contributed by atoms with Gasteiger partial charge in [-0.2, -0.15) is 0 Å². The Morgan fingerprint density at radius 3 is 2.38 bits per heavy atom. The summed E-state index contributed by atoms with van der Waals surface area (Å²) in [5, 5.41) is 8.61. The standard InChI is InChI=1S/C10H18O3/c1-8(4-3-7-11)5-6-9(2)10(12)13/h7-9H,3-6H2,1-2H3,(H,12,13). The zero-order valence-corrected chi connectivity index (χ0v) is 8.32. The van der Waals surface area contributed by atoms with Crippen molar-refractivity contribution >= 4 is 12.3 Å². The van der Waals surface area contributed by atoms with Crippen LogP contribution in [-0.4, -0.2) is 17.4 Å². The van der Waals surface area contributed by atoms with E-state index in [1.807, 2.05) is 0 Å². The van der Waals surface area contributed by atoms with Gasteiger partial charge in [0.25, 0.3) is 0 Å². The molecular formula is C10H18O3. The third-order valence-corrected chi connectivity index (χ3v) is 2.29. The van der Waals surface area contributed by atoms with Crippen LogP contribution in [0.3, 0.4) is 0 Å². The molecule has 0 bridgehead atoms. The van der Waals surface area contributed by atoms with Gasteiger partial charge in [-0.1, -0.05) is 13.8 Å². The first kappa shape index (κ1) is 12.1. The maximum Gasteiger partial charge on any atom is 0.306 e. The highest BCUT2D eigenvalue weighted by atomic mass is 16.4.